The molecule has 0 amide bonds. The molecule has 0 fully saturated rings. The summed E-state index contributed by atoms with van der Waals surface area (Å²) in [6.45, 7) is 3.65. The van der Waals surface area contributed by atoms with Crippen LogP contribution in [0, 0.1) is 6.92 Å². The molecule has 3 heteroatoms. The van der Waals surface area contributed by atoms with Crippen molar-refractivity contribution in [2.75, 3.05) is 0 Å². The topological polar surface area (TPSA) is 50.4 Å². The molecule has 0 bridgehead atoms. The summed E-state index contributed by atoms with van der Waals surface area (Å²) < 4.78 is 5.08. The van der Waals surface area contributed by atoms with Gasteiger partial charge in [-0.2, -0.15) is 0 Å². The van der Waals surface area contributed by atoms with E-state index in [1.807, 2.05) is 0 Å². The minimum Gasteiger partial charge on any atom is -0.507 e. The number of rotatable bonds is 2. The van der Waals surface area contributed by atoms with E-state index in [9.17, 15) is 9.90 Å². The minimum absolute atomic E-state index is 0.0190. The van der Waals surface area contributed by atoms with Crippen LogP contribution < -0.4 is 5.63 Å². The molecular weight excluding hydrogens is 192 g/mol. The third kappa shape index (κ3) is 1.61. The summed E-state index contributed by atoms with van der Waals surface area (Å²) in [7, 11) is 0. The lowest BCUT2D eigenvalue weighted by molar-refractivity contribution is 0.456. The Bertz CT molecular complexity index is 540. The first-order chi connectivity index (χ1) is 7.24. The average molecular weight is 203 g/mol. The molecule has 1 aromatic carbocycles. The van der Waals surface area contributed by atoms with Crippen molar-refractivity contribution in [1.29, 1.82) is 0 Å². The van der Waals surface area contributed by atoms with Crippen LogP contribution in [-0.2, 0) is 6.42 Å². The molecule has 1 heterocycles. The predicted octanol–water partition coefficient (Wildman–Crippen LogP) is 2.27. The molecule has 15 heavy (non-hydrogen) atoms. The number of benzene rings is 1. The molecule has 1 N–H and O–H groups in total. The van der Waals surface area contributed by atoms with Gasteiger partial charge in [-0.15, -0.1) is 0 Å². The van der Waals surface area contributed by atoms with Gasteiger partial charge in [0.1, 0.15) is 11.3 Å². The quantitative estimate of drug-likeness (QED) is 0.761. The Morgan fingerprint density at radius 2 is 2.07 bits per heavy atom. The van der Waals surface area contributed by atoms with Gasteiger partial charge in [-0.3, -0.25) is 0 Å². The lowest BCUT2D eigenvalue weighted by Gasteiger charge is -2.04. The molecule has 0 unspecified atom stereocenters. The van der Waals surface area contributed by atoms with Crippen LogP contribution in [0.4, 0.5) is 0 Å². The fraction of sp³-hybridized carbons (Fsp3) is 0.167. The van der Waals surface area contributed by atoms with Crippen LogP contribution in [0.3, 0.4) is 0 Å². The highest BCUT2D eigenvalue weighted by molar-refractivity contribution is 5.83. The highest BCUT2D eigenvalue weighted by atomic mass is 16.4. The smallest absolute Gasteiger partial charge is 0.343 e. The normalized spacial score (nSPS) is 10.7. The van der Waals surface area contributed by atoms with E-state index in [0.29, 0.717) is 29.4 Å². The van der Waals surface area contributed by atoms with E-state index >= 15 is 0 Å². The molecule has 0 aliphatic carbocycles. The molecule has 1 aromatic heterocycles. The monoisotopic (exact) mass is 203 g/mol. The zero-order chi connectivity index (χ0) is 10.8. The van der Waals surface area contributed by atoms with Crippen molar-refractivity contribution in [3.8, 4) is 5.75 Å². The van der Waals surface area contributed by atoms with Crippen LogP contribution >= 0.6 is 0 Å². The zero-order valence-corrected chi connectivity index (χ0v) is 8.19. The van der Waals surface area contributed by atoms with Gasteiger partial charge >= 0.3 is 5.63 Å². The highest BCUT2D eigenvalue weighted by Gasteiger charge is 2.11. The van der Waals surface area contributed by atoms with E-state index in [0.717, 1.165) is 0 Å². The fourth-order valence-corrected chi connectivity index (χ4v) is 1.57. The van der Waals surface area contributed by atoms with Crippen molar-refractivity contribution in [2.45, 2.75) is 12.8 Å². The Morgan fingerprint density at radius 3 is 2.80 bits per heavy atom. The van der Waals surface area contributed by atoms with Crippen LogP contribution in [0.2, 0.25) is 0 Å². The maximum absolute atomic E-state index is 11.5. The van der Waals surface area contributed by atoms with Crippen LogP contribution in [0.1, 0.15) is 12.0 Å². The molecule has 0 atom stereocenters. The van der Waals surface area contributed by atoms with Crippen LogP contribution in [0.15, 0.2) is 33.5 Å². The predicted molar refractivity (Wildman–Crippen MR) is 57.8 cm³/mol. The number of para-hydroxylation sites is 1. The summed E-state index contributed by atoms with van der Waals surface area (Å²) in [6, 6.07) is 6.92. The Labute approximate surface area is 87.0 Å². The first-order valence-corrected chi connectivity index (χ1v) is 4.77. The summed E-state index contributed by atoms with van der Waals surface area (Å²) in [5.74, 6) is 0.0190. The molecule has 2 aromatic rings. The Morgan fingerprint density at radius 1 is 1.33 bits per heavy atom. The van der Waals surface area contributed by atoms with Crippen molar-refractivity contribution in [1.82, 2.24) is 0 Å². The maximum atomic E-state index is 11.5. The Balaban J connectivity index is 2.78. The minimum atomic E-state index is -0.477. The van der Waals surface area contributed by atoms with Crippen LogP contribution in [0.25, 0.3) is 11.0 Å². The lowest BCUT2D eigenvalue weighted by Crippen LogP contribution is -2.07. The van der Waals surface area contributed by atoms with Crippen LogP contribution in [0.5, 0.6) is 5.75 Å². The molecule has 77 valence electrons. The average Bonchev–Trinajstić information content (AvgIpc) is 2.24. The fourth-order valence-electron chi connectivity index (χ4n) is 1.57. The van der Waals surface area contributed by atoms with E-state index in [2.05, 4.69) is 6.92 Å². The summed E-state index contributed by atoms with van der Waals surface area (Å²) in [6.07, 6.45) is 0.982. The van der Waals surface area contributed by atoms with E-state index in [1.165, 1.54) is 0 Å². The van der Waals surface area contributed by atoms with Gasteiger partial charge in [0.2, 0.25) is 0 Å². The van der Waals surface area contributed by atoms with Crippen molar-refractivity contribution in [3.63, 3.8) is 0 Å². The van der Waals surface area contributed by atoms with Gasteiger partial charge in [0.15, 0.2) is 0 Å². The van der Waals surface area contributed by atoms with Gasteiger partial charge in [0.25, 0.3) is 0 Å². The number of aromatic hydroxyl groups is 1. The highest BCUT2D eigenvalue weighted by Crippen LogP contribution is 2.26. The molecule has 0 saturated heterocycles. The molecule has 0 saturated carbocycles. The standard InChI is InChI=1S/C12H11O3/c1-2-5-9-11(13)8-6-3-4-7-10(8)15-12(9)14/h3-4,6-7,13H,1-2,5H2. The summed E-state index contributed by atoms with van der Waals surface area (Å²) in [4.78, 5) is 11.5. The second-order valence-electron chi connectivity index (χ2n) is 3.32. The van der Waals surface area contributed by atoms with Crippen LogP contribution in [-0.4, -0.2) is 5.11 Å². The molecule has 0 spiro atoms. The van der Waals surface area contributed by atoms with Gasteiger partial charge in [0.05, 0.1) is 10.9 Å². The van der Waals surface area contributed by atoms with E-state index in [4.69, 9.17) is 4.42 Å². The largest absolute Gasteiger partial charge is 0.507 e. The zero-order valence-electron chi connectivity index (χ0n) is 8.19. The third-order valence-corrected chi connectivity index (χ3v) is 2.30. The number of hydrogen-bond acceptors (Lipinski definition) is 3. The van der Waals surface area contributed by atoms with Gasteiger partial charge in [-0.1, -0.05) is 19.1 Å². The first-order valence-electron chi connectivity index (χ1n) is 4.77. The second-order valence-corrected chi connectivity index (χ2v) is 3.32. The molecule has 3 nitrogen and oxygen atoms in total. The summed E-state index contributed by atoms with van der Waals surface area (Å²) >= 11 is 0. The second kappa shape index (κ2) is 3.77. The van der Waals surface area contributed by atoms with Crippen molar-refractivity contribution in [3.05, 3.63) is 47.2 Å². The molecule has 1 radical (unpaired) electrons. The third-order valence-electron chi connectivity index (χ3n) is 2.30. The van der Waals surface area contributed by atoms with Crippen molar-refractivity contribution < 1.29 is 9.52 Å². The Kier molecular flexibility index (Phi) is 2.46. The van der Waals surface area contributed by atoms with E-state index in [-0.39, 0.29) is 5.75 Å². The molecule has 2 rings (SSSR count). The van der Waals surface area contributed by atoms with Gasteiger partial charge in [-0.05, 0) is 25.0 Å². The molecular formula is C12H11O3. The first kappa shape index (κ1) is 9.77. The number of hydrogen-bond donors (Lipinski definition) is 1. The van der Waals surface area contributed by atoms with Crippen molar-refractivity contribution in [2.24, 2.45) is 0 Å². The summed E-state index contributed by atoms with van der Waals surface area (Å²) in [5.41, 5.74) is 0.242. The Hall–Kier alpha value is -1.77. The summed E-state index contributed by atoms with van der Waals surface area (Å²) in [5, 5.41) is 10.4. The number of fused-ring (bicyclic) bond motifs is 1. The van der Waals surface area contributed by atoms with E-state index in [1.54, 1.807) is 24.3 Å². The molecule has 0 aliphatic rings. The SMILES string of the molecule is [CH2]CCc1c(O)c2ccccc2oc1=O. The van der Waals surface area contributed by atoms with Crippen molar-refractivity contribution >= 4 is 11.0 Å². The van der Waals surface area contributed by atoms with E-state index < -0.39 is 5.63 Å². The molecule has 0 aliphatic heterocycles. The lowest BCUT2D eigenvalue weighted by atomic mass is 10.1. The van der Waals surface area contributed by atoms with Gasteiger partial charge in [-0.25, -0.2) is 4.79 Å². The maximum Gasteiger partial charge on any atom is 0.343 e. The van der Waals surface area contributed by atoms with Gasteiger partial charge in [0, 0.05) is 0 Å². The van der Waals surface area contributed by atoms with Gasteiger partial charge < -0.3 is 9.52 Å².